The van der Waals surface area contributed by atoms with Crippen molar-refractivity contribution in [2.75, 3.05) is 17.2 Å². The number of alkyl halides is 3. The highest BCUT2D eigenvalue weighted by Gasteiger charge is 2.30. The smallest absolute Gasteiger partial charge is 0.376 e. The van der Waals surface area contributed by atoms with Crippen molar-refractivity contribution in [2.24, 2.45) is 0 Å². The molecular formula is C15H11F5N2O. The van der Waals surface area contributed by atoms with Gasteiger partial charge in [0, 0.05) is 11.8 Å². The number of amides is 1. The van der Waals surface area contributed by atoms with Crippen molar-refractivity contribution in [2.45, 2.75) is 6.18 Å². The Morgan fingerprint density at radius 2 is 1.78 bits per heavy atom. The van der Waals surface area contributed by atoms with Gasteiger partial charge in [-0.3, -0.25) is 4.79 Å². The van der Waals surface area contributed by atoms with Gasteiger partial charge in [-0.1, -0.05) is 6.07 Å². The van der Waals surface area contributed by atoms with Crippen LogP contribution in [0.3, 0.4) is 0 Å². The van der Waals surface area contributed by atoms with Crippen molar-refractivity contribution >= 4 is 17.3 Å². The zero-order valence-electron chi connectivity index (χ0n) is 11.5. The van der Waals surface area contributed by atoms with Gasteiger partial charge in [-0.25, -0.2) is 8.78 Å². The fourth-order valence-electron chi connectivity index (χ4n) is 1.77. The molecule has 0 bridgehead atoms. The van der Waals surface area contributed by atoms with Crippen molar-refractivity contribution in [1.29, 1.82) is 0 Å². The van der Waals surface area contributed by atoms with Crippen molar-refractivity contribution in [3.05, 3.63) is 59.7 Å². The van der Waals surface area contributed by atoms with Crippen molar-refractivity contribution in [1.82, 2.24) is 0 Å². The molecule has 0 spiro atoms. The van der Waals surface area contributed by atoms with Gasteiger partial charge in [0.2, 0.25) is 5.91 Å². The predicted octanol–water partition coefficient (Wildman–Crippen LogP) is 4.03. The molecule has 0 atom stereocenters. The Morgan fingerprint density at radius 3 is 2.43 bits per heavy atom. The Hall–Kier alpha value is -2.64. The summed E-state index contributed by atoms with van der Waals surface area (Å²) in [5.41, 5.74) is -0.982. The molecule has 0 aliphatic rings. The molecule has 0 radical (unpaired) electrons. The second kappa shape index (κ2) is 6.64. The van der Waals surface area contributed by atoms with E-state index in [1.165, 1.54) is 12.1 Å². The standard InChI is InChI=1S/C15H11F5N2O/c16-10-4-5-13(12(17)7-10)22-14(23)8-21-11-3-1-2-9(6-11)15(18,19)20/h1-7,21H,8H2,(H,22,23). The van der Waals surface area contributed by atoms with Crippen LogP contribution in [0, 0.1) is 11.6 Å². The Labute approximate surface area is 128 Å². The van der Waals surface area contributed by atoms with Crippen LogP contribution in [0.25, 0.3) is 0 Å². The molecule has 0 heterocycles. The molecule has 0 aromatic heterocycles. The summed E-state index contributed by atoms with van der Waals surface area (Å²) in [7, 11) is 0. The second-order valence-electron chi connectivity index (χ2n) is 4.60. The van der Waals surface area contributed by atoms with Gasteiger partial charge in [-0.2, -0.15) is 13.2 Å². The summed E-state index contributed by atoms with van der Waals surface area (Å²) in [4.78, 5) is 11.6. The lowest BCUT2D eigenvalue weighted by Crippen LogP contribution is -2.22. The zero-order valence-corrected chi connectivity index (χ0v) is 11.5. The number of halogens is 5. The minimum absolute atomic E-state index is 0.0922. The quantitative estimate of drug-likeness (QED) is 0.831. The molecule has 3 nitrogen and oxygen atoms in total. The van der Waals surface area contributed by atoms with E-state index in [0.717, 1.165) is 24.3 Å². The van der Waals surface area contributed by atoms with Gasteiger partial charge in [-0.15, -0.1) is 0 Å². The maximum Gasteiger partial charge on any atom is 0.416 e. The molecule has 0 unspecified atom stereocenters. The van der Waals surface area contributed by atoms with E-state index in [4.69, 9.17) is 0 Å². The summed E-state index contributed by atoms with van der Waals surface area (Å²) in [5, 5.41) is 4.69. The van der Waals surface area contributed by atoms with Crippen LogP contribution in [-0.4, -0.2) is 12.5 Å². The SMILES string of the molecule is O=C(CNc1cccc(C(F)(F)F)c1)Nc1ccc(F)cc1F. The first kappa shape index (κ1) is 16.7. The van der Waals surface area contributed by atoms with E-state index in [2.05, 4.69) is 10.6 Å². The van der Waals surface area contributed by atoms with E-state index in [0.29, 0.717) is 6.07 Å². The minimum Gasteiger partial charge on any atom is -0.376 e. The van der Waals surface area contributed by atoms with Gasteiger partial charge in [0.15, 0.2) is 0 Å². The molecule has 1 amide bonds. The molecule has 0 aliphatic carbocycles. The van der Waals surface area contributed by atoms with Gasteiger partial charge in [0.05, 0.1) is 17.8 Å². The van der Waals surface area contributed by atoms with Crippen LogP contribution in [-0.2, 0) is 11.0 Å². The molecule has 0 fully saturated rings. The van der Waals surface area contributed by atoms with Crippen LogP contribution in [0.2, 0.25) is 0 Å². The Balaban J connectivity index is 1.97. The largest absolute Gasteiger partial charge is 0.416 e. The molecule has 2 rings (SSSR count). The van der Waals surface area contributed by atoms with E-state index < -0.39 is 29.3 Å². The minimum atomic E-state index is -4.49. The predicted molar refractivity (Wildman–Crippen MR) is 74.9 cm³/mol. The van der Waals surface area contributed by atoms with Gasteiger partial charge >= 0.3 is 6.18 Å². The summed E-state index contributed by atoms with van der Waals surface area (Å²) in [5.74, 6) is -2.42. The highest BCUT2D eigenvalue weighted by Crippen LogP contribution is 2.30. The second-order valence-corrected chi connectivity index (χ2v) is 4.60. The Kier molecular flexibility index (Phi) is 4.83. The summed E-state index contributed by atoms with van der Waals surface area (Å²) in [6.45, 7) is -0.377. The molecule has 8 heteroatoms. The lowest BCUT2D eigenvalue weighted by molar-refractivity contribution is -0.137. The summed E-state index contributed by atoms with van der Waals surface area (Å²) in [6, 6.07) is 6.94. The fraction of sp³-hybridized carbons (Fsp3) is 0.133. The van der Waals surface area contributed by atoms with Gasteiger partial charge in [0.1, 0.15) is 11.6 Å². The third-order valence-corrected chi connectivity index (χ3v) is 2.85. The number of benzene rings is 2. The fourth-order valence-corrected chi connectivity index (χ4v) is 1.77. The highest BCUT2D eigenvalue weighted by atomic mass is 19.4. The monoisotopic (exact) mass is 330 g/mol. The molecule has 0 saturated heterocycles. The van der Waals surface area contributed by atoms with Crippen LogP contribution >= 0.6 is 0 Å². The van der Waals surface area contributed by atoms with Crippen molar-refractivity contribution in [3.63, 3.8) is 0 Å². The van der Waals surface area contributed by atoms with E-state index in [1.807, 2.05) is 0 Å². The third kappa shape index (κ3) is 4.67. The van der Waals surface area contributed by atoms with Gasteiger partial charge in [-0.05, 0) is 30.3 Å². The lowest BCUT2D eigenvalue weighted by atomic mass is 10.2. The Morgan fingerprint density at radius 1 is 1.04 bits per heavy atom. The van der Waals surface area contributed by atoms with Crippen LogP contribution in [0.4, 0.5) is 33.3 Å². The number of anilines is 2. The Bertz CT molecular complexity index is 715. The topological polar surface area (TPSA) is 41.1 Å². The van der Waals surface area contributed by atoms with E-state index >= 15 is 0 Å². The average molecular weight is 330 g/mol. The maximum absolute atomic E-state index is 13.4. The summed E-state index contributed by atoms with van der Waals surface area (Å²) >= 11 is 0. The normalized spacial score (nSPS) is 11.2. The van der Waals surface area contributed by atoms with E-state index in [1.54, 1.807) is 0 Å². The molecule has 2 N–H and O–H groups in total. The first-order chi connectivity index (χ1) is 10.8. The third-order valence-electron chi connectivity index (χ3n) is 2.85. The lowest BCUT2D eigenvalue weighted by Gasteiger charge is -2.11. The summed E-state index contributed by atoms with van der Waals surface area (Å²) in [6.07, 6.45) is -4.49. The first-order valence-electron chi connectivity index (χ1n) is 6.42. The molecule has 0 saturated carbocycles. The molecule has 2 aromatic carbocycles. The first-order valence-corrected chi connectivity index (χ1v) is 6.42. The number of carbonyl (C=O) groups excluding carboxylic acids is 1. The maximum atomic E-state index is 13.4. The van der Waals surface area contributed by atoms with Gasteiger partial charge < -0.3 is 10.6 Å². The van der Waals surface area contributed by atoms with Gasteiger partial charge in [0.25, 0.3) is 0 Å². The van der Waals surface area contributed by atoms with Crippen LogP contribution in [0.5, 0.6) is 0 Å². The number of nitrogens with one attached hydrogen (secondary N) is 2. The molecule has 23 heavy (non-hydrogen) atoms. The molecule has 0 aliphatic heterocycles. The zero-order chi connectivity index (χ0) is 17.0. The van der Waals surface area contributed by atoms with Crippen LogP contribution in [0.1, 0.15) is 5.56 Å². The number of rotatable bonds is 4. The number of hydrogen-bond acceptors (Lipinski definition) is 2. The van der Waals surface area contributed by atoms with E-state index in [-0.39, 0.29) is 17.9 Å². The highest BCUT2D eigenvalue weighted by molar-refractivity contribution is 5.93. The van der Waals surface area contributed by atoms with E-state index in [9.17, 15) is 26.7 Å². The van der Waals surface area contributed by atoms with Crippen molar-refractivity contribution < 1.29 is 26.7 Å². The number of carbonyl (C=O) groups is 1. The molecule has 2 aromatic rings. The van der Waals surface area contributed by atoms with Crippen molar-refractivity contribution in [3.8, 4) is 0 Å². The number of hydrogen-bond donors (Lipinski definition) is 2. The molecular weight excluding hydrogens is 319 g/mol. The molecule has 122 valence electrons. The summed E-state index contributed by atoms with van der Waals surface area (Å²) < 4.78 is 63.7. The van der Waals surface area contributed by atoms with Crippen LogP contribution < -0.4 is 10.6 Å². The average Bonchev–Trinajstić information content (AvgIpc) is 2.47. The van der Waals surface area contributed by atoms with Crippen LogP contribution in [0.15, 0.2) is 42.5 Å².